The molecule has 1 aliphatic carbocycles. The van der Waals surface area contributed by atoms with Crippen LogP contribution in [0.4, 0.5) is 0 Å². The zero-order chi connectivity index (χ0) is 23.2. The van der Waals surface area contributed by atoms with Crippen molar-refractivity contribution in [2.24, 2.45) is 10.1 Å². The molecular weight excluding hydrogens is 434 g/mol. The van der Waals surface area contributed by atoms with Crippen molar-refractivity contribution in [2.45, 2.75) is 25.7 Å². The van der Waals surface area contributed by atoms with Gasteiger partial charge in [-0.3, -0.25) is 4.99 Å². The average molecular weight is 464 g/mol. The maximum absolute atomic E-state index is 5.58. The van der Waals surface area contributed by atoms with E-state index in [0.717, 1.165) is 47.5 Å². The van der Waals surface area contributed by atoms with E-state index in [1.54, 1.807) is 38.7 Å². The second-order valence-corrected chi connectivity index (χ2v) is 8.51. The first kappa shape index (κ1) is 22.9. The highest BCUT2D eigenvalue weighted by molar-refractivity contribution is 7.07. The van der Waals surface area contributed by atoms with Gasteiger partial charge in [-0.1, -0.05) is 30.3 Å². The van der Waals surface area contributed by atoms with Crippen LogP contribution in [0.15, 0.2) is 64.5 Å². The SMILES string of the molecule is C=CCN=c1scc(-c2cc(OC)c(OC)c(OC)c2)n1N=C1CCCCc2ccccc21. The number of hydrogen-bond acceptors (Lipinski definition) is 6. The summed E-state index contributed by atoms with van der Waals surface area (Å²) in [4.78, 5) is 5.52. The number of methoxy groups -OCH3 is 3. The van der Waals surface area contributed by atoms with Crippen LogP contribution in [-0.4, -0.2) is 38.3 Å². The van der Waals surface area contributed by atoms with Crippen LogP contribution in [0.3, 0.4) is 0 Å². The number of thiazole rings is 1. The molecule has 0 saturated heterocycles. The van der Waals surface area contributed by atoms with E-state index in [1.807, 2.05) is 16.8 Å². The molecule has 3 aromatic rings. The minimum atomic E-state index is 0.524. The summed E-state index contributed by atoms with van der Waals surface area (Å²) in [7, 11) is 4.85. The van der Waals surface area contributed by atoms with Gasteiger partial charge in [0.25, 0.3) is 0 Å². The van der Waals surface area contributed by atoms with Crippen molar-refractivity contribution in [2.75, 3.05) is 27.9 Å². The largest absolute Gasteiger partial charge is 0.493 e. The van der Waals surface area contributed by atoms with Gasteiger partial charge in [-0.2, -0.15) is 5.10 Å². The maximum atomic E-state index is 5.58. The summed E-state index contributed by atoms with van der Waals surface area (Å²) in [6.45, 7) is 4.34. The van der Waals surface area contributed by atoms with Crippen LogP contribution in [0.5, 0.6) is 17.2 Å². The van der Waals surface area contributed by atoms with Crippen LogP contribution in [0.2, 0.25) is 0 Å². The van der Waals surface area contributed by atoms with Gasteiger partial charge in [0.15, 0.2) is 11.5 Å². The fourth-order valence-electron chi connectivity index (χ4n) is 4.06. The summed E-state index contributed by atoms with van der Waals surface area (Å²) in [5, 5.41) is 7.23. The lowest BCUT2D eigenvalue weighted by Crippen LogP contribution is -2.16. The van der Waals surface area contributed by atoms with Crippen molar-refractivity contribution in [1.82, 2.24) is 4.68 Å². The summed E-state index contributed by atoms with van der Waals surface area (Å²) in [6, 6.07) is 12.5. The minimum absolute atomic E-state index is 0.524. The Morgan fingerprint density at radius 3 is 2.45 bits per heavy atom. The number of hydrogen-bond donors (Lipinski definition) is 0. The van der Waals surface area contributed by atoms with Gasteiger partial charge in [0.1, 0.15) is 0 Å². The van der Waals surface area contributed by atoms with Crippen molar-refractivity contribution < 1.29 is 14.2 Å². The molecule has 0 amide bonds. The third-order valence-electron chi connectivity index (χ3n) is 5.66. The lowest BCUT2D eigenvalue weighted by molar-refractivity contribution is 0.324. The van der Waals surface area contributed by atoms with Crippen LogP contribution in [0.25, 0.3) is 11.3 Å². The lowest BCUT2D eigenvalue weighted by Gasteiger charge is -2.15. The molecule has 6 nitrogen and oxygen atoms in total. The molecular formula is C26H29N3O3S. The molecule has 0 fully saturated rings. The molecule has 172 valence electrons. The van der Waals surface area contributed by atoms with Gasteiger partial charge in [0.2, 0.25) is 10.6 Å². The molecule has 2 aromatic carbocycles. The van der Waals surface area contributed by atoms with Crippen LogP contribution in [-0.2, 0) is 6.42 Å². The molecule has 0 bridgehead atoms. The molecule has 1 aliphatic rings. The smallest absolute Gasteiger partial charge is 0.206 e. The van der Waals surface area contributed by atoms with Crippen LogP contribution >= 0.6 is 11.3 Å². The minimum Gasteiger partial charge on any atom is -0.493 e. The topological polar surface area (TPSA) is 57.3 Å². The van der Waals surface area contributed by atoms with Crippen LogP contribution in [0.1, 0.15) is 30.4 Å². The predicted molar refractivity (Wildman–Crippen MR) is 134 cm³/mol. The van der Waals surface area contributed by atoms with Crippen molar-refractivity contribution in [3.05, 3.63) is 70.4 Å². The summed E-state index contributed by atoms with van der Waals surface area (Å²) in [5.74, 6) is 1.76. The second kappa shape index (κ2) is 10.5. The fraction of sp³-hybridized carbons (Fsp3) is 0.308. The molecule has 0 unspecified atom stereocenters. The average Bonchev–Trinajstić information content (AvgIpc) is 3.13. The zero-order valence-electron chi connectivity index (χ0n) is 19.3. The number of aromatic nitrogens is 1. The Bertz CT molecular complexity index is 1210. The van der Waals surface area contributed by atoms with E-state index in [2.05, 4.69) is 36.2 Å². The van der Waals surface area contributed by atoms with E-state index in [-0.39, 0.29) is 0 Å². The number of nitrogens with zero attached hydrogens (tertiary/aromatic N) is 3. The molecule has 0 radical (unpaired) electrons. The first-order valence-electron chi connectivity index (χ1n) is 11.0. The summed E-state index contributed by atoms with van der Waals surface area (Å²) >= 11 is 1.55. The molecule has 0 N–H and O–H groups in total. The number of aryl methyl sites for hydroxylation is 1. The molecule has 4 rings (SSSR count). The summed E-state index contributed by atoms with van der Waals surface area (Å²) in [5.41, 5.74) is 5.47. The van der Waals surface area contributed by atoms with Gasteiger partial charge in [0, 0.05) is 16.5 Å². The Kier molecular flexibility index (Phi) is 7.29. The van der Waals surface area contributed by atoms with E-state index in [0.29, 0.717) is 23.8 Å². The van der Waals surface area contributed by atoms with E-state index >= 15 is 0 Å². The van der Waals surface area contributed by atoms with Crippen molar-refractivity contribution in [3.8, 4) is 28.5 Å². The number of fused-ring (bicyclic) bond motifs is 1. The normalized spacial score (nSPS) is 15.1. The van der Waals surface area contributed by atoms with E-state index in [1.165, 1.54) is 11.1 Å². The van der Waals surface area contributed by atoms with Gasteiger partial charge in [-0.15, -0.1) is 17.9 Å². The molecule has 0 atom stereocenters. The van der Waals surface area contributed by atoms with E-state index < -0.39 is 0 Å². The Morgan fingerprint density at radius 2 is 1.76 bits per heavy atom. The van der Waals surface area contributed by atoms with Gasteiger partial charge < -0.3 is 14.2 Å². The molecule has 7 heteroatoms. The number of benzene rings is 2. The Morgan fingerprint density at radius 1 is 1.03 bits per heavy atom. The molecule has 33 heavy (non-hydrogen) atoms. The molecule has 0 saturated carbocycles. The maximum Gasteiger partial charge on any atom is 0.206 e. The highest BCUT2D eigenvalue weighted by Crippen LogP contribution is 2.41. The monoisotopic (exact) mass is 463 g/mol. The van der Waals surface area contributed by atoms with Crippen molar-refractivity contribution in [1.29, 1.82) is 0 Å². The lowest BCUT2D eigenvalue weighted by atomic mass is 10.0. The van der Waals surface area contributed by atoms with Gasteiger partial charge in [0.05, 0.1) is 39.3 Å². The highest BCUT2D eigenvalue weighted by Gasteiger charge is 2.19. The predicted octanol–water partition coefficient (Wildman–Crippen LogP) is 5.31. The first-order chi connectivity index (χ1) is 16.2. The molecule has 0 aliphatic heterocycles. The number of rotatable bonds is 7. The number of ether oxygens (including phenoxy) is 3. The van der Waals surface area contributed by atoms with Gasteiger partial charge >= 0.3 is 0 Å². The van der Waals surface area contributed by atoms with Crippen molar-refractivity contribution in [3.63, 3.8) is 0 Å². The van der Waals surface area contributed by atoms with Gasteiger partial charge in [-0.05, 0) is 43.4 Å². The standard InChI is InChI=1S/C26H29N3O3S/c1-5-14-27-26-29(28-21-13-9-7-11-18-10-6-8-12-20(18)21)22(17-33-26)19-15-23(30-2)25(32-4)24(16-19)31-3/h5-6,8,10,12,15-17H,1,7,9,11,13-14H2,2-4H3. The molecule has 1 heterocycles. The van der Waals surface area contributed by atoms with E-state index in [4.69, 9.17) is 24.3 Å². The fourth-order valence-corrected chi connectivity index (χ4v) is 4.90. The van der Waals surface area contributed by atoms with E-state index in [9.17, 15) is 0 Å². The Balaban J connectivity index is 1.93. The quantitative estimate of drug-likeness (QED) is 0.353. The van der Waals surface area contributed by atoms with Gasteiger partial charge in [-0.25, -0.2) is 4.68 Å². The molecule has 0 spiro atoms. The third-order valence-corrected chi connectivity index (χ3v) is 6.51. The Hall–Kier alpha value is -3.32. The van der Waals surface area contributed by atoms with Crippen LogP contribution < -0.4 is 19.0 Å². The first-order valence-corrected chi connectivity index (χ1v) is 11.9. The summed E-state index contributed by atoms with van der Waals surface area (Å²) < 4.78 is 18.6. The third kappa shape index (κ3) is 4.73. The second-order valence-electron chi connectivity index (χ2n) is 7.67. The van der Waals surface area contributed by atoms with Crippen LogP contribution in [0, 0.1) is 0 Å². The summed E-state index contributed by atoms with van der Waals surface area (Å²) in [6.07, 6.45) is 6.07. The molecule has 1 aromatic heterocycles. The Labute approximate surface area is 198 Å². The van der Waals surface area contributed by atoms with Crippen molar-refractivity contribution >= 4 is 17.0 Å². The zero-order valence-corrected chi connectivity index (χ0v) is 20.2. The highest BCUT2D eigenvalue weighted by atomic mass is 32.1.